The molecule has 0 unspecified atom stereocenters. The lowest BCUT2D eigenvalue weighted by atomic mass is 10.2. The molecule has 5 nitrogen and oxygen atoms in total. The van der Waals surface area contributed by atoms with Gasteiger partial charge in [-0.15, -0.1) is 0 Å². The minimum Gasteiger partial charge on any atom is -0.280 e. The van der Waals surface area contributed by atoms with Crippen molar-refractivity contribution in [3.8, 4) is 0 Å². The maximum atomic E-state index is 12.4. The number of hydrogen-bond acceptors (Lipinski definition) is 3. The van der Waals surface area contributed by atoms with Crippen LogP contribution < -0.4 is 4.72 Å². The predicted octanol–water partition coefficient (Wildman–Crippen LogP) is 4.11. The zero-order chi connectivity index (χ0) is 18.0. The second-order valence-electron chi connectivity index (χ2n) is 5.84. The number of halogens is 1. The summed E-state index contributed by atoms with van der Waals surface area (Å²) in [5.41, 5.74) is 3.66. The number of aromatic nitrogens is 2. The van der Waals surface area contributed by atoms with Crippen LogP contribution in [-0.4, -0.2) is 18.2 Å². The molecule has 0 aliphatic heterocycles. The molecule has 0 saturated heterocycles. The van der Waals surface area contributed by atoms with Crippen molar-refractivity contribution in [2.45, 2.75) is 25.3 Å². The normalized spacial score (nSPS) is 11.5. The van der Waals surface area contributed by atoms with Crippen LogP contribution in [0.1, 0.15) is 17.0 Å². The Morgan fingerprint density at radius 1 is 1.04 bits per heavy atom. The molecule has 0 spiro atoms. The van der Waals surface area contributed by atoms with E-state index in [1.165, 1.54) is 0 Å². The summed E-state index contributed by atoms with van der Waals surface area (Å²) in [6.07, 6.45) is 0. The van der Waals surface area contributed by atoms with Crippen molar-refractivity contribution in [2.75, 3.05) is 4.72 Å². The van der Waals surface area contributed by atoms with Gasteiger partial charge in [0.1, 0.15) is 0 Å². The van der Waals surface area contributed by atoms with Gasteiger partial charge in [-0.1, -0.05) is 28.1 Å². The predicted molar refractivity (Wildman–Crippen MR) is 102 cm³/mol. The average Bonchev–Trinajstić information content (AvgIpc) is 2.87. The van der Waals surface area contributed by atoms with Crippen LogP contribution in [0.4, 0.5) is 5.69 Å². The number of nitrogens with one attached hydrogen (secondary N) is 1. The first-order valence-corrected chi connectivity index (χ1v) is 9.99. The molecule has 7 heteroatoms. The van der Waals surface area contributed by atoms with Crippen molar-refractivity contribution in [1.82, 2.24) is 9.78 Å². The van der Waals surface area contributed by atoms with Crippen LogP contribution >= 0.6 is 15.9 Å². The molecule has 0 saturated carbocycles. The molecule has 25 heavy (non-hydrogen) atoms. The third-order valence-corrected chi connectivity index (χ3v) is 5.69. The van der Waals surface area contributed by atoms with Gasteiger partial charge in [-0.3, -0.25) is 9.40 Å². The summed E-state index contributed by atoms with van der Waals surface area (Å²) in [5, 5.41) is 4.44. The summed E-state index contributed by atoms with van der Waals surface area (Å²) in [6, 6.07) is 15.9. The lowest BCUT2D eigenvalue weighted by Crippen LogP contribution is -2.13. The van der Waals surface area contributed by atoms with E-state index in [9.17, 15) is 8.42 Å². The first kappa shape index (κ1) is 17.7. The van der Waals surface area contributed by atoms with E-state index < -0.39 is 10.0 Å². The van der Waals surface area contributed by atoms with Crippen molar-refractivity contribution in [2.24, 2.45) is 0 Å². The highest BCUT2D eigenvalue weighted by Gasteiger charge is 2.13. The van der Waals surface area contributed by atoms with Crippen molar-refractivity contribution >= 4 is 31.6 Å². The molecule has 0 bridgehead atoms. The molecule has 1 heterocycles. The molecule has 0 aliphatic carbocycles. The van der Waals surface area contributed by atoms with E-state index in [4.69, 9.17) is 0 Å². The minimum absolute atomic E-state index is 0.224. The maximum absolute atomic E-state index is 12.4. The van der Waals surface area contributed by atoms with Gasteiger partial charge >= 0.3 is 0 Å². The van der Waals surface area contributed by atoms with E-state index >= 15 is 0 Å². The number of hydrogen-bond donors (Lipinski definition) is 1. The number of anilines is 1. The topological polar surface area (TPSA) is 64.0 Å². The summed E-state index contributed by atoms with van der Waals surface area (Å²) in [6.45, 7) is 4.63. The fourth-order valence-corrected chi connectivity index (χ4v) is 3.84. The summed E-state index contributed by atoms with van der Waals surface area (Å²) in [4.78, 5) is 0.224. The lowest BCUT2D eigenvalue weighted by Gasteiger charge is -2.10. The quantitative estimate of drug-likeness (QED) is 0.676. The molecule has 0 radical (unpaired) electrons. The van der Waals surface area contributed by atoms with E-state index in [1.807, 2.05) is 36.7 Å². The average molecular weight is 420 g/mol. The highest BCUT2D eigenvalue weighted by atomic mass is 79.9. The van der Waals surface area contributed by atoms with Crippen molar-refractivity contribution in [3.05, 3.63) is 76.0 Å². The maximum Gasteiger partial charge on any atom is 0.261 e. The van der Waals surface area contributed by atoms with Gasteiger partial charge in [0.15, 0.2) is 0 Å². The van der Waals surface area contributed by atoms with Crippen molar-refractivity contribution < 1.29 is 8.42 Å². The van der Waals surface area contributed by atoms with Crippen LogP contribution in [-0.2, 0) is 16.6 Å². The van der Waals surface area contributed by atoms with E-state index in [-0.39, 0.29) is 4.90 Å². The molecule has 1 aromatic heterocycles. The number of rotatable bonds is 5. The van der Waals surface area contributed by atoms with Crippen LogP contribution in [0, 0.1) is 13.8 Å². The summed E-state index contributed by atoms with van der Waals surface area (Å²) in [7, 11) is -3.59. The van der Waals surface area contributed by atoms with Gasteiger partial charge in [-0.05, 0) is 61.9 Å². The Hall–Kier alpha value is -2.12. The Bertz CT molecular complexity index is 978. The Kier molecular flexibility index (Phi) is 4.96. The highest BCUT2D eigenvalue weighted by Crippen LogP contribution is 2.19. The van der Waals surface area contributed by atoms with Gasteiger partial charge in [0.25, 0.3) is 10.0 Å². The third-order valence-electron chi connectivity index (χ3n) is 3.77. The van der Waals surface area contributed by atoms with Crippen LogP contribution in [0.3, 0.4) is 0 Å². The second-order valence-corrected chi connectivity index (χ2v) is 8.44. The van der Waals surface area contributed by atoms with Crippen LogP contribution in [0.5, 0.6) is 0 Å². The van der Waals surface area contributed by atoms with Gasteiger partial charge in [-0.25, -0.2) is 8.42 Å². The number of aryl methyl sites for hydroxylation is 2. The van der Waals surface area contributed by atoms with E-state index in [0.29, 0.717) is 12.2 Å². The Morgan fingerprint density at radius 3 is 2.24 bits per heavy atom. The molecular weight excluding hydrogens is 402 g/mol. The monoisotopic (exact) mass is 419 g/mol. The Labute approximate surface area is 155 Å². The molecule has 3 aromatic rings. The third kappa shape index (κ3) is 4.29. The first-order valence-electron chi connectivity index (χ1n) is 7.72. The molecule has 0 aliphatic rings. The summed E-state index contributed by atoms with van der Waals surface area (Å²) < 4.78 is 30.1. The molecule has 130 valence electrons. The first-order chi connectivity index (χ1) is 11.8. The van der Waals surface area contributed by atoms with Crippen LogP contribution in [0.15, 0.2) is 64.0 Å². The molecule has 0 fully saturated rings. The Balaban J connectivity index is 1.74. The fraction of sp³-hybridized carbons (Fsp3) is 0.167. The van der Waals surface area contributed by atoms with Gasteiger partial charge in [0, 0.05) is 15.9 Å². The van der Waals surface area contributed by atoms with E-state index in [2.05, 4.69) is 25.8 Å². The number of benzene rings is 2. The summed E-state index contributed by atoms with van der Waals surface area (Å²) in [5.74, 6) is 0. The smallest absolute Gasteiger partial charge is 0.261 e. The van der Waals surface area contributed by atoms with E-state index in [0.717, 1.165) is 21.4 Å². The molecule has 2 aromatic carbocycles. The Morgan fingerprint density at radius 2 is 1.68 bits per heavy atom. The van der Waals surface area contributed by atoms with Gasteiger partial charge in [0.05, 0.1) is 17.1 Å². The summed E-state index contributed by atoms with van der Waals surface area (Å²) >= 11 is 3.30. The highest BCUT2D eigenvalue weighted by molar-refractivity contribution is 9.10. The van der Waals surface area contributed by atoms with E-state index in [1.54, 1.807) is 36.4 Å². The number of nitrogens with zero attached hydrogens (tertiary/aromatic N) is 2. The standard InChI is InChI=1S/C18H18BrN3O2S/c1-13-11-14(2)22(20-13)12-15-3-7-17(8-4-15)21-25(23,24)18-9-5-16(19)6-10-18/h3-11,21H,12H2,1-2H3. The second kappa shape index (κ2) is 7.01. The zero-order valence-electron chi connectivity index (χ0n) is 13.9. The van der Waals surface area contributed by atoms with Gasteiger partial charge < -0.3 is 0 Å². The largest absolute Gasteiger partial charge is 0.280 e. The molecule has 0 amide bonds. The van der Waals surface area contributed by atoms with Gasteiger partial charge in [0.2, 0.25) is 0 Å². The lowest BCUT2D eigenvalue weighted by molar-refractivity contribution is 0.601. The minimum atomic E-state index is -3.59. The molecule has 1 N–H and O–H groups in total. The molecule has 3 rings (SSSR count). The fourth-order valence-electron chi connectivity index (χ4n) is 2.51. The van der Waals surface area contributed by atoms with Crippen molar-refractivity contribution in [1.29, 1.82) is 0 Å². The van der Waals surface area contributed by atoms with Crippen LogP contribution in [0.2, 0.25) is 0 Å². The van der Waals surface area contributed by atoms with Crippen LogP contribution in [0.25, 0.3) is 0 Å². The SMILES string of the molecule is Cc1cc(C)n(Cc2ccc(NS(=O)(=O)c3ccc(Br)cc3)cc2)n1. The molecule has 0 atom stereocenters. The zero-order valence-corrected chi connectivity index (χ0v) is 16.3. The van der Waals surface area contributed by atoms with Crippen molar-refractivity contribution in [3.63, 3.8) is 0 Å². The van der Waals surface area contributed by atoms with Gasteiger partial charge in [-0.2, -0.15) is 5.10 Å². The molecular formula is C18H18BrN3O2S. The number of sulfonamides is 1.